The molecule has 0 atom stereocenters. The second-order valence-electron chi connectivity index (χ2n) is 11.8. The molecule has 1 aliphatic rings. The van der Waals surface area contributed by atoms with Crippen molar-refractivity contribution in [2.45, 2.75) is 11.3 Å². The molecule has 6 heteroatoms. The molecule has 0 fully saturated rings. The molecule has 0 spiro atoms. The first-order chi connectivity index (χ1) is 24.0. The molecule has 0 saturated carbocycles. The first kappa shape index (κ1) is 31.6. The molecular formula is C43H32N2O3S. The van der Waals surface area contributed by atoms with Gasteiger partial charge in [-0.25, -0.2) is 0 Å². The summed E-state index contributed by atoms with van der Waals surface area (Å²) < 4.78 is 0. The molecule has 6 aromatic rings. The van der Waals surface area contributed by atoms with Gasteiger partial charge in [-0.1, -0.05) is 109 Å². The predicted octanol–water partition coefficient (Wildman–Crippen LogP) is 9.31. The van der Waals surface area contributed by atoms with Gasteiger partial charge in [0.15, 0.2) is 5.78 Å². The normalized spacial score (nSPS) is 11.7. The van der Waals surface area contributed by atoms with E-state index in [0.717, 1.165) is 33.6 Å². The highest BCUT2D eigenvalue weighted by Crippen LogP contribution is 2.37. The predicted molar refractivity (Wildman–Crippen MR) is 199 cm³/mol. The summed E-state index contributed by atoms with van der Waals surface area (Å²) in [7, 11) is 0. The molecule has 49 heavy (non-hydrogen) atoms. The molecule has 0 saturated heterocycles. The van der Waals surface area contributed by atoms with Gasteiger partial charge in [0.05, 0.1) is 5.75 Å². The summed E-state index contributed by atoms with van der Waals surface area (Å²) >= 11 is 1.45. The van der Waals surface area contributed by atoms with Crippen LogP contribution in [0, 0.1) is 0 Å². The third-order valence-electron chi connectivity index (χ3n) is 8.46. The Bertz CT molecular complexity index is 2180. The van der Waals surface area contributed by atoms with Gasteiger partial charge in [0.2, 0.25) is 0 Å². The van der Waals surface area contributed by atoms with E-state index < -0.39 is 5.91 Å². The van der Waals surface area contributed by atoms with E-state index in [1.807, 2.05) is 91.0 Å². The number of anilines is 1. The van der Waals surface area contributed by atoms with E-state index in [0.29, 0.717) is 17.0 Å². The number of carbonyl (C=O) groups is 3. The molecule has 1 aliphatic carbocycles. The van der Waals surface area contributed by atoms with Crippen molar-refractivity contribution in [2.75, 3.05) is 11.1 Å². The Morgan fingerprint density at radius 3 is 2.02 bits per heavy atom. The Morgan fingerprint density at radius 1 is 0.612 bits per heavy atom. The molecule has 0 aliphatic heterocycles. The fourth-order valence-electron chi connectivity index (χ4n) is 5.90. The van der Waals surface area contributed by atoms with Gasteiger partial charge in [-0.3, -0.25) is 14.4 Å². The molecule has 0 aromatic heterocycles. The van der Waals surface area contributed by atoms with Gasteiger partial charge in [0.1, 0.15) is 5.70 Å². The first-order valence-corrected chi connectivity index (χ1v) is 17.0. The molecule has 238 valence electrons. The van der Waals surface area contributed by atoms with Crippen molar-refractivity contribution in [3.63, 3.8) is 0 Å². The van der Waals surface area contributed by atoms with E-state index in [9.17, 15) is 14.4 Å². The summed E-state index contributed by atoms with van der Waals surface area (Å²) in [5.74, 6) is -0.460. The van der Waals surface area contributed by atoms with Crippen LogP contribution in [0.25, 0.3) is 28.3 Å². The number of carbonyl (C=O) groups excluding carboxylic acids is 3. The van der Waals surface area contributed by atoms with Gasteiger partial charge in [-0.2, -0.15) is 0 Å². The summed E-state index contributed by atoms with van der Waals surface area (Å²) in [5.41, 5.74) is 9.69. The number of nitrogens with one attached hydrogen (secondary N) is 2. The fourth-order valence-corrected chi connectivity index (χ4v) is 6.69. The second-order valence-corrected chi connectivity index (χ2v) is 12.8. The van der Waals surface area contributed by atoms with Crippen LogP contribution in [-0.4, -0.2) is 23.4 Å². The Labute approximate surface area is 289 Å². The number of hydrogen-bond acceptors (Lipinski definition) is 4. The minimum atomic E-state index is -0.453. The highest BCUT2D eigenvalue weighted by molar-refractivity contribution is 8.00. The summed E-state index contributed by atoms with van der Waals surface area (Å²) in [4.78, 5) is 40.6. The van der Waals surface area contributed by atoms with Crippen molar-refractivity contribution < 1.29 is 14.4 Å². The van der Waals surface area contributed by atoms with Crippen molar-refractivity contribution in [1.29, 1.82) is 0 Å². The van der Waals surface area contributed by atoms with Crippen LogP contribution in [0.1, 0.15) is 37.4 Å². The van der Waals surface area contributed by atoms with Crippen molar-refractivity contribution in [3.05, 3.63) is 185 Å². The molecule has 0 heterocycles. The highest BCUT2D eigenvalue weighted by atomic mass is 32.2. The number of benzene rings is 6. The Hall–Kier alpha value is -5.98. The Balaban J connectivity index is 1.01. The largest absolute Gasteiger partial charge is 0.321 e. The summed E-state index contributed by atoms with van der Waals surface area (Å²) in [5, 5.41) is 5.70. The van der Waals surface area contributed by atoms with E-state index in [1.54, 1.807) is 42.5 Å². The van der Waals surface area contributed by atoms with Crippen molar-refractivity contribution in [1.82, 2.24) is 5.32 Å². The SMILES string of the molecule is O=C(Nc1ccc(SCC(=O)c2ccc3c(c2)Cc2ccccc2-3)cc1)/C(=C/c1ccc(-c2ccccc2)cc1)NC(=O)c1ccccc1. The summed E-state index contributed by atoms with van der Waals surface area (Å²) in [6, 6.07) is 48.3. The molecule has 0 bridgehead atoms. The van der Waals surface area contributed by atoms with Crippen molar-refractivity contribution in [3.8, 4) is 22.3 Å². The van der Waals surface area contributed by atoms with Gasteiger partial charge < -0.3 is 10.6 Å². The minimum absolute atomic E-state index is 0.0712. The average Bonchev–Trinajstić information content (AvgIpc) is 3.53. The van der Waals surface area contributed by atoms with Gasteiger partial charge in [-0.05, 0) is 93.9 Å². The molecule has 2 amide bonds. The molecule has 5 nitrogen and oxygen atoms in total. The number of rotatable bonds is 10. The van der Waals surface area contributed by atoms with Gasteiger partial charge in [0.25, 0.3) is 11.8 Å². The van der Waals surface area contributed by atoms with E-state index in [1.165, 1.54) is 34.0 Å². The summed E-state index contributed by atoms with van der Waals surface area (Å²) in [6.07, 6.45) is 2.51. The van der Waals surface area contributed by atoms with Crippen molar-refractivity contribution in [2.24, 2.45) is 0 Å². The van der Waals surface area contributed by atoms with Crippen LogP contribution in [0.15, 0.2) is 162 Å². The molecule has 6 aromatic carbocycles. The third kappa shape index (κ3) is 7.45. The number of hydrogen-bond donors (Lipinski definition) is 2. The Kier molecular flexibility index (Phi) is 9.30. The van der Waals surface area contributed by atoms with Crippen LogP contribution in [0.5, 0.6) is 0 Å². The van der Waals surface area contributed by atoms with E-state index in [-0.39, 0.29) is 17.4 Å². The fraction of sp³-hybridized carbons (Fsp3) is 0.0465. The maximum Gasteiger partial charge on any atom is 0.272 e. The Morgan fingerprint density at radius 2 is 1.27 bits per heavy atom. The van der Waals surface area contributed by atoms with Crippen LogP contribution >= 0.6 is 11.8 Å². The highest BCUT2D eigenvalue weighted by Gasteiger charge is 2.20. The topological polar surface area (TPSA) is 75.3 Å². The average molecular weight is 657 g/mol. The maximum absolute atomic E-state index is 13.5. The molecule has 2 N–H and O–H groups in total. The molecule has 0 radical (unpaired) electrons. The van der Waals surface area contributed by atoms with Crippen LogP contribution in [0.4, 0.5) is 5.69 Å². The van der Waals surface area contributed by atoms with E-state index >= 15 is 0 Å². The zero-order chi connectivity index (χ0) is 33.6. The van der Waals surface area contributed by atoms with Crippen LogP contribution in [0.3, 0.4) is 0 Å². The smallest absolute Gasteiger partial charge is 0.272 e. The first-order valence-electron chi connectivity index (χ1n) is 16.0. The lowest BCUT2D eigenvalue weighted by atomic mass is 10.0. The quantitative estimate of drug-likeness (QED) is 0.0874. The van der Waals surface area contributed by atoms with Gasteiger partial charge >= 0.3 is 0 Å². The number of ketones is 1. The number of thioether (sulfide) groups is 1. The lowest BCUT2D eigenvalue weighted by Gasteiger charge is -2.12. The zero-order valence-electron chi connectivity index (χ0n) is 26.6. The van der Waals surface area contributed by atoms with Gasteiger partial charge in [-0.15, -0.1) is 11.8 Å². The standard InChI is InChI=1S/C43H32N2O3S/c46-41(34-19-24-39-35(27-34)26-33-13-7-8-14-38(33)39)28-49-37-22-20-36(21-23-37)44-43(48)40(45-42(47)32-11-5-2-6-12-32)25-29-15-17-31(18-16-29)30-9-3-1-4-10-30/h1-25,27H,26,28H2,(H,44,48)(H,45,47)/b40-25-. The van der Waals surface area contributed by atoms with Crippen LogP contribution in [0.2, 0.25) is 0 Å². The molecular weight excluding hydrogens is 625 g/mol. The second kappa shape index (κ2) is 14.4. The van der Waals surface area contributed by atoms with Gasteiger partial charge in [0, 0.05) is 21.7 Å². The molecule has 7 rings (SSSR count). The third-order valence-corrected chi connectivity index (χ3v) is 9.47. The lowest BCUT2D eigenvalue weighted by molar-refractivity contribution is -0.113. The maximum atomic E-state index is 13.5. The zero-order valence-corrected chi connectivity index (χ0v) is 27.4. The monoisotopic (exact) mass is 656 g/mol. The number of fused-ring (bicyclic) bond motifs is 3. The lowest BCUT2D eigenvalue weighted by Crippen LogP contribution is -2.30. The minimum Gasteiger partial charge on any atom is -0.321 e. The number of amides is 2. The van der Waals surface area contributed by atoms with Crippen LogP contribution < -0.4 is 10.6 Å². The number of Topliss-reactive ketones (excluding diaryl/α,β-unsaturated/α-hetero) is 1. The van der Waals surface area contributed by atoms with Crippen LogP contribution in [-0.2, 0) is 11.2 Å². The van der Waals surface area contributed by atoms with Crippen molar-refractivity contribution >= 4 is 41.1 Å². The molecule has 0 unspecified atom stereocenters. The van der Waals surface area contributed by atoms with E-state index in [4.69, 9.17) is 0 Å². The van der Waals surface area contributed by atoms with E-state index in [2.05, 4.69) is 34.9 Å². The summed E-state index contributed by atoms with van der Waals surface area (Å²) in [6.45, 7) is 0.